The number of nitrogens with one attached hydrogen (secondary N) is 2. The zero-order valence-electron chi connectivity index (χ0n) is 11.1. The summed E-state index contributed by atoms with van der Waals surface area (Å²) in [6, 6.07) is -0.194. The van der Waals surface area contributed by atoms with Gasteiger partial charge in [-0.25, -0.2) is 4.79 Å². The topological polar surface area (TPSA) is 98.3 Å². The van der Waals surface area contributed by atoms with E-state index in [9.17, 15) is 9.59 Å². The Kier molecular flexibility index (Phi) is 3.73. The number of carbonyl (C=O) groups is 2. The Hall–Kier alpha value is -2.05. The molecule has 0 saturated carbocycles. The van der Waals surface area contributed by atoms with Crippen molar-refractivity contribution in [2.24, 2.45) is 5.92 Å². The normalized spacial score (nSPS) is 18.6. The summed E-state index contributed by atoms with van der Waals surface area (Å²) in [5.74, 6) is -0.761. The Morgan fingerprint density at radius 1 is 1.53 bits per heavy atom. The van der Waals surface area contributed by atoms with Crippen molar-refractivity contribution in [3.63, 3.8) is 0 Å². The number of aromatic nitrogens is 2. The first-order chi connectivity index (χ1) is 8.97. The molecule has 7 nitrogen and oxygen atoms in total. The van der Waals surface area contributed by atoms with E-state index in [4.69, 9.17) is 5.11 Å². The molecule has 3 N–H and O–H groups in total. The fourth-order valence-electron chi connectivity index (χ4n) is 2.35. The van der Waals surface area contributed by atoms with Crippen molar-refractivity contribution in [2.75, 3.05) is 18.4 Å². The van der Waals surface area contributed by atoms with Gasteiger partial charge in [0.25, 0.3) is 0 Å². The van der Waals surface area contributed by atoms with E-state index in [2.05, 4.69) is 15.5 Å². The van der Waals surface area contributed by atoms with E-state index in [1.54, 1.807) is 4.90 Å². The molecule has 0 aromatic carbocycles. The van der Waals surface area contributed by atoms with Gasteiger partial charge in [0.2, 0.25) is 0 Å². The number of carboxylic acid groups (broad SMARTS) is 1. The predicted octanol–water partition coefficient (Wildman–Crippen LogP) is 1.36. The SMILES string of the molecule is Cc1n[nH]c(C)c1NC(=O)N1CCC(CC(=O)O)C1. The highest BCUT2D eigenvalue weighted by Crippen LogP contribution is 2.22. The van der Waals surface area contributed by atoms with Crippen molar-refractivity contribution in [1.29, 1.82) is 0 Å². The Bertz CT molecular complexity index is 478. The third-order valence-corrected chi connectivity index (χ3v) is 3.40. The number of amides is 2. The molecule has 0 aliphatic carbocycles. The Morgan fingerprint density at radius 2 is 2.26 bits per heavy atom. The van der Waals surface area contributed by atoms with Crippen LogP contribution in [0.1, 0.15) is 24.2 Å². The van der Waals surface area contributed by atoms with Crippen LogP contribution < -0.4 is 5.32 Å². The van der Waals surface area contributed by atoms with Crippen molar-refractivity contribution in [3.8, 4) is 0 Å². The minimum Gasteiger partial charge on any atom is -0.481 e. The average Bonchev–Trinajstić information content (AvgIpc) is 2.90. The highest BCUT2D eigenvalue weighted by molar-refractivity contribution is 5.90. The van der Waals surface area contributed by atoms with Gasteiger partial charge in [0, 0.05) is 19.5 Å². The van der Waals surface area contributed by atoms with Gasteiger partial charge in [-0.1, -0.05) is 0 Å². The zero-order valence-corrected chi connectivity index (χ0v) is 11.1. The highest BCUT2D eigenvalue weighted by Gasteiger charge is 2.28. The van der Waals surface area contributed by atoms with E-state index in [0.29, 0.717) is 18.8 Å². The van der Waals surface area contributed by atoms with Gasteiger partial charge in [-0.3, -0.25) is 9.89 Å². The molecule has 104 valence electrons. The number of urea groups is 1. The first kappa shape index (κ1) is 13.4. The molecule has 0 bridgehead atoms. The van der Waals surface area contributed by atoms with Crippen molar-refractivity contribution in [3.05, 3.63) is 11.4 Å². The fourth-order valence-corrected chi connectivity index (χ4v) is 2.35. The maximum atomic E-state index is 12.1. The number of H-pyrrole nitrogens is 1. The number of hydrogen-bond donors (Lipinski definition) is 3. The number of anilines is 1. The first-order valence-electron chi connectivity index (χ1n) is 6.26. The molecule has 1 aromatic rings. The molecule has 1 aliphatic rings. The predicted molar refractivity (Wildman–Crippen MR) is 69.0 cm³/mol. The van der Waals surface area contributed by atoms with Crippen LogP contribution in [0.15, 0.2) is 0 Å². The van der Waals surface area contributed by atoms with Crippen molar-refractivity contribution in [1.82, 2.24) is 15.1 Å². The van der Waals surface area contributed by atoms with Crippen LogP contribution in [-0.2, 0) is 4.79 Å². The first-order valence-corrected chi connectivity index (χ1v) is 6.26. The lowest BCUT2D eigenvalue weighted by Crippen LogP contribution is -2.33. The van der Waals surface area contributed by atoms with Crippen molar-refractivity contribution < 1.29 is 14.7 Å². The van der Waals surface area contributed by atoms with Crippen LogP contribution in [0.4, 0.5) is 10.5 Å². The summed E-state index contributed by atoms with van der Waals surface area (Å²) in [5.41, 5.74) is 2.26. The molecule has 1 aromatic heterocycles. The summed E-state index contributed by atoms with van der Waals surface area (Å²) in [4.78, 5) is 24.4. The molecule has 1 fully saturated rings. The number of nitrogens with zero attached hydrogens (tertiary/aromatic N) is 2. The third-order valence-electron chi connectivity index (χ3n) is 3.40. The summed E-state index contributed by atoms with van der Waals surface area (Å²) >= 11 is 0. The Labute approximate surface area is 111 Å². The number of rotatable bonds is 3. The van der Waals surface area contributed by atoms with Gasteiger partial charge in [0.05, 0.1) is 17.1 Å². The summed E-state index contributed by atoms with van der Waals surface area (Å²) in [7, 11) is 0. The van der Waals surface area contributed by atoms with E-state index in [1.807, 2.05) is 13.8 Å². The lowest BCUT2D eigenvalue weighted by molar-refractivity contribution is -0.138. The van der Waals surface area contributed by atoms with E-state index in [0.717, 1.165) is 17.8 Å². The molecule has 0 radical (unpaired) electrons. The molecule has 1 saturated heterocycles. The zero-order chi connectivity index (χ0) is 14.0. The standard InChI is InChI=1S/C12H18N4O3/c1-7-11(8(2)15-14-7)13-12(19)16-4-3-9(6-16)5-10(17)18/h9H,3-6H2,1-2H3,(H,13,19)(H,14,15)(H,17,18). The Balaban J connectivity index is 1.93. The van der Waals surface area contributed by atoms with Gasteiger partial charge in [-0.05, 0) is 26.2 Å². The minimum absolute atomic E-state index is 0.0507. The summed E-state index contributed by atoms with van der Waals surface area (Å²) in [6.45, 7) is 4.75. The number of likely N-dealkylation sites (tertiary alicyclic amines) is 1. The molecule has 1 unspecified atom stereocenters. The van der Waals surface area contributed by atoms with Gasteiger partial charge >= 0.3 is 12.0 Å². The molecule has 1 aliphatic heterocycles. The van der Waals surface area contributed by atoms with Gasteiger partial charge in [0.15, 0.2) is 0 Å². The number of carbonyl (C=O) groups excluding carboxylic acids is 1. The van der Waals surface area contributed by atoms with E-state index < -0.39 is 5.97 Å². The van der Waals surface area contributed by atoms with Crippen LogP contribution in [-0.4, -0.2) is 45.3 Å². The molecular weight excluding hydrogens is 248 g/mol. The Morgan fingerprint density at radius 3 is 2.84 bits per heavy atom. The van der Waals surface area contributed by atoms with E-state index in [1.165, 1.54) is 0 Å². The number of hydrogen-bond acceptors (Lipinski definition) is 3. The second-order valence-corrected chi connectivity index (χ2v) is 4.94. The average molecular weight is 266 g/mol. The van der Waals surface area contributed by atoms with Crippen LogP contribution >= 0.6 is 0 Å². The molecular formula is C12H18N4O3. The van der Waals surface area contributed by atoms with Crippen LogP contribution in [0.25, 0.3) is 0 Å². The summed E-state index contributed by atoms with van der Waals surface area (Å²) in [5, 5.41) is 18.4. The van der Waals surface area contributed by atoms with Crippen LogP contribution in [0.3, 0.4) is 0 Å². The van der Waals surface area contributed by atoms with Crippen LogP contribution in [0, 0.1) is 19.8 Å². The number of aliphatic carboxylic acids is 1. The number of aryl methyl sites for hydroxylation is 2. The minimum atomic E-state index is -0.811. The van der Waals surface area contributed by atoms with Gasteiger partial charge in [-0.2, -0.15) is 5.10 Å². The largest absolute Gasteiger partial charge is 0.481 e. The summed E-state index contributed by atoms with van der Waals surface area (Å²) in [6.07, 6.45) is 0.858. The fraction of sp³-hybridized carbons (Fsp3) is 0.583. The molecule has 2 rings (SSSR count). The van der Waals surface area contributed by atoms with Gasteiger partial charge in [0.1, 0.15) is 0 Å². The monoisotopic (exact) mass is 266 g/mol. The number of carboxylic acids is 1. The second kappa shape index (κ2) is 5.29. The van der Waals surface area contributed by atoms with Crippen LogP contribution in [0.5, 0.6) is 0 Å². The molecule has 7 heteroatoms. The lowest BCUT2D eigenvalue weighted by Gasteiger charge is -2.17. The third kappa shape index (κ3) is 3.04. The quantitative estimate of drug-likeness (QED) is 0.769. The second-order valence-electron chi connectivity index (χ2n) is 4.94. The summed E-state index contributed by atoms with van der Waals surface area (Å²) < 4.78 is 0. The molecule has 0 spiro atoms. The van der Waals surface area contributed by atoms with Crippen molar-refractivity contribution >= 4 is 17.7 Å². The highest BCUT2D eigenvalue weighted by atomic mass is 16.4. The van der Waals surface area contributed by atoms with Crippen molar-refractivity contribution in [2.45, 2.75) is 26.7 Å². The maximum Gasteiger partial charge on any atom is 0.321 e. The maximum absolute atomic E-state index is 12.1. The van der Waals surface area contributed by atoms with Gasteiger partial charge < -0.3 is 15.3 Å². The van der Waals surface area contributed by atoms with E-state index >= 15 is 0 Å². The molecule has 2 heterocycles. The smallest absolute Gasteiger partial charge is 0.321 e. The lowest BCUT2D eigenvalue weighted by atomic mass is 10.1. The molecule has 1 atom stereocenters. The number of aromatic amines is 1. The molecule has 19 heavy (non-hydrogen) atoms. The van der Waals surface area contributed by atoms with Crippen LogP contribution in [0.2, 0.25) is 0 Å². The van der Waals surface area contributed by atoms with E-state index in [-0.39, 0.29) is 18.4 Å². The molecule has 2 amide bonds. The van der Waals surface area contributed by atoms with Gasteiger partial charge in [-0.15, -0.1) is 0 Å².